The zero-order chi connectivity index (χ0) is 23.6. The summed E-state index contributed by atoms with van der Waals surface area (Å²) in [4.78, 5) is 21.9. The minimum Gasteiger partial charge on any atom is -0.354 e. The molecule has 1 aromatic heterocycles. The molecule has 1 atom stereocenters. The Kier molecular flexibility index (Phi) is 6.37. The lowest BCUT2D eigenvalue weighted by Crippen LogP contribution is -2.39. The van der Waals surface area contributed by atoms with Crippen molar-refractivity contribution in [3.8, 4) is 11.4 Å². The number of carbonyl (C=O) groups is 1. The van der Waals surface area contributed by atoms with E-state index in [-0.39, 0.29) is 29.3 Å². The third kappa shape index (κ3) is 5.51. The van der Waals surface area contributed by atoms with Gasteiger partial charge < -0.3 is 15.5 Å². The first-order valence-corrected chi connectivity index (χ1v) is 10.4. The molecule has 0 spiro atoms. The molecule has 2 N–H and O–H groups in total. The van der Waals surface area contributed by atoms with Gasteiger partial charge >= 0.3 is 12.2 Å². The van der Waals surface area contributed by atoms with Gasteiger partial charge in [0.1, 0.15) is 11.6 Å². The normalized spacial score (nSPS) is 16.0. The highest BCUT2D eigenvalue weighted by Crippen LogP contribution is 2.34. The summed E-state index contributed by atoms with van der Waals surface area (Å²) in [5, 5.41) is 5.60. The van der Waals surface area contributed by atoms with Crippen LogP contribution in [0.2, 0.25) is 5.02 Å². The van der Waals surface area contributed by atoms with Gasteiger partial charge in [-0.3, -0.25) is 0 Å². The van der Waals surface area contributed by atoms with Crippen LogP contribution in [0, 0.1) is 5.82 Å². The molecule has 0 bridgehead atoms. The Hall–Kier alpha value is -3.40. The van der Waals surface area contributed by atoms with Crippen molar-refractivity contribution in [2.75, 3.05) is 23.3 Å². The van der Waals surface area contributed by atoms with Gasteiger partial charge in [-0.25, -0.2) is 19.2 Å². The molecule has 3 aromatic rings. The van der Waals surface area contributed by atoms with E-state index in [9.17, 15) is 22.4 Å². The number of benzene rings is 2. The molecule has 2 aromatic carbocycles. The number of urea groups is 1. The van der Waals surface area contributed by atoms with Crippen LogP contribution in [0.5, 0.6) is 0 Å². The molecule has 1 aliphatic rings. The highest BCUT2D eigenvalue weighted by Gasteiger charge is 2.35. The number of rotatable bonds is 4. The Labute approximate surface area is 191 Å². The van der Waals surface area contributed by atoms with E-state index in [2.05, 4.69) is 20.6 Å². The predicted octanol–water partition coefficient (Wildman–Crippen LogP) is 5.36. The van der Waals surface area contributed by atoms with Crippen LogP contribution in [0.4, 0.5) is 33.9 Å². The van der Waals surface area contributed by atoms with Crippen LogP contribution in [-0.4, -0.2) is 35.1 Å². The largest absolute Gasteiger partial charge is 0.433 e. The molecule has 1 fully saturated rings. The van der Waals surface area contributed by atoms with E-state index in [1.54, 1.807) is 29.2 Å². The van der Waals surface area contributed by atoms with Crippen LogP contribution in [0.25, 0.3) is 11.4 Å². The number of carbonyl (C=O) groups excluding carboxylic acids is 1. The maximum Gasteiger partial charge on any atom is 0.433 e. The quantitative estimate of drug-likeness (QED) is 0.495. The minimum absolute atomic E-state index is 0.0930. The Morgan fingerprint density at radius 1 is 1.09 bits per heavy atom. The average molecular weight is 480 g/mol. The van der Waals surface area contributed by atoms with Crippen LogP contribution in [0.3, 0.4) is 0 Å². The van der Waals surface area contributed by atoms with E-state index in [1.165, 1.54) is 24.3 Å². The fourth-order valence-corrected chi connectivity index (χ4v) is 3.70. The van der Waals surface area contributed by atoms with Crippen LogP contribution in [0.1, 0.15) is 12.1 Å². The lowest BCUT2D eigenvalue weighted by molar-refractivity contribution is -0.141. The minimum atomic E-state index is -4.67. The number of nitrogens with zero attached hydrogens (tertiary/aromatic N) is 3. The number of halogens is 5. The van der Waals surface area contributed by atoms with Crippen molar-refractivity contribution in [3.05, 3.63) is 71.1 Å². The van der Waals surface area contributed by atoms with Crippen molar-refractivity contribution in [2.45, 2.75) is 18.6 Å². The third-order valence-corrected chi connectivity index (χ3v) is 5.40. The van der Waals surface area contributed by atoms with Crippen LogP contribution < -0.4 is 15.5 Å². The van der Waals surface area contributed by atoms with E-state index >= 15 is 0 Å². The first kappa shape index (κ1) is 22.8. The van der Waals surface area contributed by atoms with E-state index in [1.807, 2.05) is 0 Å². The summed E-state index contributed by atoms with van der Waals surface area (Å²) >= 11 is 6.14. The highest BCUT2D eigenvalue weighted by molar-refractivity contribution is 6.33. The van der Waals surface area contributed by atoms with Gasteiger partial charge in [0, 0.05) is 36.4 Å². The number of nitrogens with one attached hydrogen (secondary N) is 2. The van der Waals surface area contributed by atoms with Gasteiger partial charge in [-0.2, -0.15) is 13.2 Å². The van der Waals surface area contributed by atoms with Gasteiger partial charge in [-0.15, -0.1) is 0 Å². The van der Waals surface area contributed by atoms with Gasteiger partial charge in [0.05, 0.1) is 5.02 Å². The summed E-state index contributed by atoms with van der Waals surface area (Å²) in [6.45, 7) is 0.644. The van der Waals surface area contributed by atoms with Gasteiger partial charge in [0.2, 0.25) is 0 Å². The highest BCUT2D eigenvalue weighted by atomic mass is 35.5. The summed E-state index contributed by atoms with van der Waals surface area (Å²) < 4.78 is 53.5. The molecule has 33 heavy (non-hydrogen) atoms. The number of anilines is 2. The van der Waals surface area contributed by atoms with Gasteiger partial charge in [-0.05, 0) is 42.8 Å². The Morgan fingerprint density at radius 2 is 1.82 bits per heavy atom. The van der Waals surface area contributed by atoms with Crippen LogP contribution in [0.15, 0.2) is 54.6 Å². The zero-order valence-corrected chi connectivity index (χ0v) is 17.8. The van der Waals surface area contributed by atoms with E-state index in [4.69, 9.17) is 11.6 Å². The second-order valence-corrected chi connectivity index (χ2v) is 7.86. The van der Waals surface area contributed by atoms with Crippen molar-refractivity contribution in [3.63, 3.8) is 0 Å². The molecule has 6 nitrogen and oxygen atoms in total. The number of amides is 2. The van der Waals surface area contributed by atoms with E-state index in [0.717, 1.165) is 6.07 Å². The fraction of sp³-hybridized carbons (Fsp3) is 0.227. The van der Waals surface area contributed by atoms with Crippen molar-refractivity contribution in [1.82, 2.24) is 15.3 Å². The molecule has 172 valence electrons. The first-order chi connectivity index (χ1) is 15.7. The Morgan fingerprint density at radius 3 is 2.52 bits per heavy atom. The summed E-state index contributed by atoms with van der Waals surface area (Å²) in [5.41, 5.74) is -0.370. The summed E-state index contributed by atoms with van der Waals surface area (Å²) in [7, 11) is 0. The number of alkyl halides is 3. The monoisotopic (exact) mass is 479 g/mol. The standard InChI is InChI=1S/C22H18ClF4N5O/c23-17-4-2-1-3-16(17)20-30-18(22(25,26)27)11-19(31-20)32-10-9-15(12-32)29-21(33)28-14-7-5-13(24)6-8-14/h1-8,11,15H,9-10,12H2,(H2,28,29,33). The number of hydrogen-bond donors (Lipinski definition) is 2. The molecule has 11 heteroatoms. The molecule has 1 unspecified atom stereocenters. The van der Waals surface area contributed by atoms with E-state index in [0.29, 0.717) is 24.2 Å². The summed E-state index contributed by atoms with van der Waals surface area (Å²) in [6.07, 6.45) is -4.16. The molecule has 2 amide bonds. The second kappa shape index (κ2) is 9.22. The molecule has 1 saturated heterocycles. The molecule has 0 aliphatic carbocycles. The molecule has 1 aliphatic heterocycles. The lowest BCUT2D eigenvalue weighted by Gasteiger charge is -2.20. The van der Waals surface area contributed by atoms with Crippen LogP contribution in [-0.2, 0) is 6.18 Å². The molecule has 0 radical (unpaired) electrons. The molecule has 4 rings (SSSR count). The smallest absolute Gasteiger partial charge is 0.354 e. The van der Waals surface area contributed by atoms with Gasteiger partial charge in [-0.1, -0.05) is 23.7 Å². The SMILES string of the molecule is O=C(Nc1ccc(F)cc1)NC1CCN(c2cc(C(F)(F)F)nc(-c3ccccc3Cl)n2)C1. The van der Waals surface area contributed by atoms with Crippen molar-refractivity contribution >= 4 is 29.1 Å². The second-order valence-electron chi connectivity index (χ2n) is 7.45. The maximum absolute atomic E-state index is 13.5. The topological polar surface area (TPSA) is 70.2 Å². The van der Waals surface area contributed by atoms with Gasteiger partial charge in [0.15, 0.2) is 11.5 Å². The predicted molar refractivity (Wildman–Crippen MR) is 117 cm³/mol. The summed E-state index contributed by atoms with van der Waals surface area (Å²) in [5.74, 6) is -0.460. The third-order valence-electron chi connectivity index (χ3n) is 5.07. The molecule has 0 saturated carbocycles. The van der Waals surface area contributed by atoms with Crippen molar-refractivity contribution in [1.29, 1.82) is 0 Å². The lowest BCUT2D eigenvalue weighted by atomic mass is 10.2. The number of aromatic nitrogens is 2. The Bertz CT molecular complexity index is 1160. The maximum atomic E-state index is 13.5. The summed E-state index contributed by atoms with van der Waals surface area (Å²) in [6, 6.07) is 11.8. The van der Waals surface area contributed by atoms with E-state index < -0.39 is 23.7 Å². The Balaban J connectivity index is 1.50. The molecule has 2 heterocycles. The van der Waals surface area contributed by atoms with Crippen LogP contribution >= 0.6 is 11.6 Å². The zero-order valence-electron chi connectivity index (χ0n) is 17.0. The first-order valence-electron chi connectivity index (χ1n) is 9.98. The van der Waals surface area contributed by atoms with Gasteiger partial charge in [0.25, 0.3) is 0 Å². The molecular weight excluding hydrogens is 462 g/mol. The van der Waals surface area contributed by atoms with Crippen molar-refractivity contribution < 1.29 is 22.4 Å². The molecular formula is C22H18ClF4N5O. The fourth-order valence-electron chi connectivity index (χ4n) is 3.48. The average Bonchev–Trinajstić information content (AvgIpc) is 3.23. The number of hydrogen-bond acceptors (Lipinski definition) is 4. The van der Waals surface area contributed by atoms with Crippen molar-refractivity contribution in [2.24, 2.45) is 0 Å².